The first-order valence-corrected chi connectivity index (χ1v) is 6.89. The third kappa shape index (κ3) is 2.33. The van der Waals surface area contributed by atoms with E-state index in [1.54, 1.807) is 11.3 Å². The molecule has 1 aromatic heterocycles. The van der Waals surface area contributed by atoms with Crippen molar-refractivity contribution in [3.63, 3.8) is 0 Å². The molecule has 1 heterocycles. The van der Waals surface area contributed by atoms with E-state index in [9.17, 15) is 0 Å². The van der Waals surface area contributed by atoms with Crippen LogP contribution in [0.2, 0.25) is 5.02 Å². The van der Waals surface area contributed by atoms with Gasteiger partial charge in [0.1, 0.15) is 0 Å². The first kappa shape index (κ1) is 12.1. The Bertz CT molecular complexity index is 509. The van der Waals surface area contributed by atoms with Crippen molar-refractivity contribution in [1.29, 1.82) is 0 Å². The van der Waals surface area contributed by atoms with Gasteiger partial charge in [0.05, 0.1) is 6.04 Å². The lowest BCUT2D eigenvalue weighted by Crippen LogP contribution is -2.11. The topological polar surface area (TPSA) is 26.0 Å². The maximum absolute atomic E-state index is 6.22. The van der Waals surface area contributed by atoms with Gasteiger partial charge in [-0.05, 0) is 41.6 Å². The van der Waals surface area contributed by atoms with Crippen LogP contribution < -0.4 is 5.73 Å². The molecule has 0 bridgehead atoms. The molecular formula is C12H11BrClNS. The Morgan fingerprint density at radius 3 is 2.69 bits per heavy atom. The highest BCUT2D eigenvalue weighted by Gasteiger charge is 2.15. The van der Waals surface area contributed by atoms with Crippen molar-refractivity contribution in [2.45, 2.75) is 13.0 Å². The molecule has 0 saturated heterocycles. The number of hydrogen-bond donors (Lipinski definition) is 1. The van der Waals surface area contributed by atoms with Gasteiger partial charge in [0.15, 0.2) is 0 Å². The second-order valence-corrected chi connectivity index (χ2v) is 5.88. The standard InChI is InChI=1S/C12H11BrClNS/c1-7-4-5-16-12(7)11(15)9-3-2-8(13)6-10(9)14/h2-6,11H,15H2,1H3. The minimum Gasteiger partial charge on any atom is -0.320 e. The Hall–Kier alpha value is -0.350. The molecule has 2 rings (SSSR count). The van der Waals surface area contributed by atoms with Crippen molar-refractivity contribution in [3.05, 3.63) is 55.1 Å². The molecule has 4 heteroatoms. The highest BCUT2D eigenvalue weighted by Crippen LogP contribution is 2.32. The van der Waals surface area contributed by atoms with Crippen molar-refractivity contribution in [1.82, 2.24) is 0 Å². The fourth-order valence-electron chi connectivity index (χ4n) is 1.60. The summed E-state index contributed by atoms with van der Waals surface area (Å²) in [5.41, 5.74) is 8.41. The van der Waals surface area contributed by atoms with Crippen molar-refractivity contribution in [3.8, 4) is 0 Å². The molecular weight excluding hydrogens is 306 g/mol. The minimum absolute atomic E-state index is 0.138. The summed E-state index contributed by atoms with van der Waals surface area (Å²) in [7, 11) is 0. The van der Waals surface area contributed by atoms with E-state index in [0.29, 0.717) is 5.02 Å². The average molecular weight is 317 g/mol. The Balaban J connectivity index is 2.41. The fourth-order valence-corrected chi connectivity index (χ4v) is 3.34. The molecule has 84 valence electrons. The predicted molar refractivity (Wildman–Crippen MR) is 74.2 cm³/mol. The van der Waals surface area contributed by atoms with Gasteiger partial charge in [-0.25, -0.2) is 0 Å². The SMILES string of the molecule is Cc1ccsc1C(N)c1ccc(Br)cc1Cl. The number of nitrogens with two attached hydrogens (primary N) is 1. The molecule has 1 atom stereocenters. The molecule has 1 unspecified atom stereocenters. The van der Waals surface area contributed by atoms with Gasteiger partial charge >= 0.3 is 0 Å². The minimum atomic E-state index is -0.138. The van der Waals surface area contributed by atoms with E-state index in [4.69, 9.17) is 17.3 Å². The Kier molecular flexibility index (Phi) is 3.70. The summed E-state index contributed by atoms with van der Waals surface area (Å²) in [6.45, 7) is 2.07. The molecule has 0 amide bonds. The molecule has 0 radical (unpaired) electrons. The van der Waals surface area contributed by atoms with E-state index in [2.05, 4.69) is 34.3 Å². The van der Waals surface area contributed by atoms with Crippen molar-refractivity contribution >= 4 is 38.9 Å². The molecule has 2 N–H and O–H groups in total. The molecule has 0 saturated carbocycles. The molecule has 0 aliphatic carbocycles. The summed E-state index contributed by atoms with van der Waals surface area (Å²) in [4.78, 5) is 1.17. The van der Waals surface area contributed by atoms with E-state index < -0.39 is 0 Å². The van der Waals surface area contributed by atoms with Crippen LogP contribution in [0.5, 0.6) is 0 Å². The van der Waals surface area contributed by atoms with Crippen LogP contribution in [-0.2, 0) is 0 Å². The van der Waals surface area contributed by atoms with Gasteiger partial charge in [-0.15, -0.1) is 11.3 Å². The van der Waals surface area contributed by atoms with Gasteiger partial charge in [0, 0.05) is 14.4 Å². The van der Waals surface area contributed by atoms with Crippen LogP contribution in [0.4, 0.5) is 0 Å². The van der Waals surface area contributed by atoms with Gasteiger partial charge in [0.2, 0.25) is 0 Å². The van der Waals surface area contributed by atoms with Crippen LogP contribution in [0.15, 0.2) is 34.1 Å². The number of hydrogen-bond acceptors (Lipinski definition) is 2. The summed E-state index contributed by atoms with van der Waals surface area (Å²) < 4.78 is 0.969. The van der Waals surface area contributed by atoms with Crippen LogP contribution in [-0.4, -0.2) is 0 Å². The second-order valence-electron chi connectivity index (χ2n) is 3.61. The molecule has 16 heavy (non-hydrogen) atoms. The van der Waals surface area contributed by atoms with Crippen molar-refractivity contribution in [2.75, 3.05) is 0 Å². The molecule has 1 aromatic carbocycles. The Morgan fingerprint density at radius 2 is 2.12 bits per heavy atom. The quantitative estimate of drug-likeness (QED) is 0.866. The fraction of sp³-hybridized carbons (Fsp3) is 0.167. The van der Waals surface area contributed by atoms with E-state index in [1.807, 2.05) is 18.2 Å². The van der Waals surface area contributed by atoms with Gasteiger partial charge in [0.25, 0.3) is 0 Å². The smallest absolute Gasteiger partial charge is 0.0663 e. The van der Waals surface area contributed by atoms with Gasteiger partial charge in [-0.3, -0.25) is 0 Å². The highest BCUT2D eigenvalue weighted by molar-refractivity contribution is 9.10. The molecule has 1 nitrogen and oxygen atoms in total. The van der Waals surface area contributed by atoms with Crippen LogP contribution in [0.3, 0.4) is 0 Å². The average Bonchev–Trinajstić information content (AvgIpc) is 2.63. The lowest BCUT2D eigenvalue weighted by Gasteiger charge is -2.13. The first-order valence-electron chi connectivity index (χ1n) is 4.84. The number of benzene rings is 1. The number of halogens is 2. The molecule has 0 fully saturated rings. The highest BCUT2D eigenvalue weighted by atomic mass is 79.9. The van der Waals surface area contributed by atoms with E-state index in [-0.39, 0.29) is 6.04 Å². The van der Waals surface area contributed by atoms with E-state index in [0.717, 1.165) is 10.0 Å². The lowest BCUT2D eigenvalue weighted by atomic mass is 10.0. The van der Waals surface area contributed by atoms with Crippen molar-refractivity contribution in [2.24, 2.45) is 5.73 Å². The lowest BCUT2D eigenvalue weighted by molar-refractivity contribution is 0.885. The Morgan fingerprint density at radius 1 is 1.38 bits per heavy atom. The zero-order valence-electron chi connectivity index (χ0n) is 8.71. The van der Waals surface area contributed by atoms with Crippen LogP contribution in [0, 0.1) is 6.92 Å². The third-order valence-electron chi connectivity index (χ3n) is 2.48. The van der Waals surface area contributed by atoms with Gasteiger partial charge in [-0.1, -0.05) is 33.6 Å². The van der Waals surface area contributed by atoms with E-state index in [1.165, 1.54) is 10.4 Å². The summed E-state index contributed by atoms with van der Waals surface area (Å²) in [6, 6.07) is 7.74. The molecule has 0 aliphatic rings. The monoisotopic (exact) mass is 315 g/mol. The normalized spacial score (nSPS) is 12.8. The maximum Gasteiger partial charge on any atom is 0.0663 e. The summed E-state index contributed by atoms with van der Waals surface area (Å²) in [6.07, 6.45) is 0. The number of rotatable bonds is 2. The van der Waals surface area contributed by atoms with Crippen LogP contribution in [0.1, 0.15) is 22.0 Å². The third-order valence-corrected chi connectivity index (χ3v) is 4.40. The van der Waals surface area contributed by atoms with E-state index >= 15 is 0 Å². The predicted octanol–water partition coefficient (Wildman–Crippen LogP) is 4.52. The van der Waals surface area contributed by atoms with Gasteiger partial charge in [-0.2, -0.15) is 0 Å². The zero-order valence-corrected chi connectivity index (χ0v) is 11.9. The number of aryl methyl sites for hydroxylation is 1. The maximum atomic E-state index is 6.22. The second kappa shape index (κ2) is 4.88. The van der Waals surface area contributed by atoms with Crippen molar-refractivity contribution < 1.29 is 0 Å². The number of thiophene rings is 1. The molecule has 0 aliphatic heterocycles. The van der Waals surface area contributed by atoms with Crippen LogP contribution >= 0.6 is 38.9 Å². The molecule has 2 aromatic rings. The first-order chi connectivity index (χ1) is 7.59. The summed E-state index contributed by atoms with van der Waals surface area (Å²) in [5.74, 6) is 0. The Labute approximate surface area is 112 Å². The van der Waals surface area contributed by atoms with Gasteiger partial charge < -0.3 is 5.73 Å². The molecule has 0 spiro atoms. The zero-order chi connectivity index (χ0) is 11.7. The largest absolute Gasteiger partial charge is 0.320 e. The summed E-state index contributed by atoms with van der Waals surface area (Å²) in [5, 5.41) is 2.76. The summed E-state index contributed by atoms with van der Waals surface area (Å²) >= 11 is 11.2. The van der Waals surface area contributed by atoms with Crippen LogP contribution in [0.25, 0.3) is 0 Å².